The van der Waals surface area contributed by atoms with Gasteiger partial charge in [-0.2, -0.15) is 0 Å². The van der Waals surface area contributed by atoms with Gasteiger partial charge in [0.25, 0.3) is 0 Å². The average molecular weight is 283 g/mol. The van der Waals surface area contributed by atoms with Crippen molar-refractivity contribution in [1.29, 1.82) is 0 Å². The number of hydrogen-bond donors (Lipinski definition) is 2. The first-order chi connectivity index (χ1) is 10.1. The first kappa shape index (κ1) is 15.7. The molecule has 0 bridgehead atoms. The van der Waals surface area contributed by atoms with Crippen LogP contribution in [-0.2, 0) is 0 Å². The van der Waals surface area contributed by atoms with Crippen molar-refractivity contribution in [2.75, 3.05) is 13.2 Å². The van der Waals surface area contributed by atoms with Gasteiger partial charge < -0.3 is 10.4 Å². The molecular formula is C19H25NO. The van der Waals surface area contributed by atoms with E-state index in [4.69, 9.17) is 0 Å². The molecule has 2 nitrogen and oxygen atoms in total. The number of aliphatic hydroxyl groups is 1. The molecule has 0 aliphatic carbocycles. The second kappa shape index (κ2) is 7.39. The number of hydrogen-bond acceptors (Lipinski definition) is 2. The molecule has 0 amide bonds. The Bertz CT molecular complexity index is 565. The molecule has 112 valence electrons. The van der Waals surface area contributed by atoms with Crippen molar-refractivity contribution < 1.29 is 5.11 Å². The quantitative estimate of drug-likeness (QED) is 0.849. The summed E-state index contributed by atoms with van der Waals surface area (Å²) < 4.78 is 0. The van der Waals surface area contributed by atoms with Gasteiger partial charge >= 0.3 is 0 Å². The molecular weight excluding hydrogens is 258 g/mol. The number of aryl methyl sites for hydroxylation is 2. The lowest BCUT2D eigenvalue weighted by atomic mass is 9.93. The van der Waals surface area contributed by atoms with Gasteiger partial charge in [-0.1, -0.05) is 61.0 Å². The summed E-state index contributed by atoms with van der Waals surface area (Å²) in [5.41, 5.74) is 5.14. The minimum absolute atomic E-state index is 0.167. The highest BCUT2D eigenvalue weighted by atomic mass is 16.3. The Kier molecular flexibility index (Phi) is 5.54. The van der Waals surface area contributed by atoms with E-state index in [1.165, 1.54) is 22.3 Å². The molecule has 0 saturated carbocycles. The number of benzene rings is 2. The normalized spacial score (nSPS) is 13.9. The van der Waals surface area contributed by atoms with Gasteiger partial charge in [0.2, 0.25) is 0 Å². The molecule has 0 heterocycles. The van der Waals surface area contributed by atoms with Gasteiger partial charge in [0.1, 0.15) is 0 Å². The zero-order valence-corrected chi connectivity index (χ0v) is 13.1. The fraction of sp³-hybridized carbons (Fsp3) is 0.368. The second-order valence-electron chi connectivity index (χ2n) is 5.90. The fourth-order valence-electron chi connectivity index (χ4n) is 2.59. The highest BCUT2D eigenvalue weighted by Gasteiger charge is 2.16. The largest absolute Gasteiger partial charge is 0.396 e. The maximum atomic E-state index is 9.24. The third-order valence-electron chi connectivity index (χ3n) is 3.85. The Balaban J connectivity index is 2.31. The summed E-state index contributed by atoms with van der Waals surface area (Å²) >= 11 is 0. The van der Waals surface area contributed by atoms with Gasteiger partial charge in [-0.05, 0) is 36.5 Å². The predicted molar refractivity (Wildman–Crippen MR) is 88.5 cm³/mol. The molecule has 21 heavy (non-hydrogen) atoms. The minimum Gasteiger partial charge on any atom is -0.396 e. The zero-order chi connectivity index (χ0) is 15.2. The summed E-state index contributed by atoms with van der Waals surface area (Å²) in [5.74, 6) is 0.252. The first-order valence-electron chi connectivity index (χ1n) is 7.58. The van der Waals surface area contributed by atoms with E-state index in [0.29, 0.717) is 0 Å². The lowest BCUT2D eigenvalue weighted by Crippen LogP contribution is -2.29. The Morgan fingerprint density at radius 1 is 1.05 bits per heavy atom. The summed E-state index contributed by atoms with van der Waals surface area (Å²) in [4.78, 5) is 0. The van der Waals surface area contributed by atoms with Crippen LogP contribution in [0.2, 0.25) is 0 Å². The van der Waals surface area contributed by atoms with Gasteiger partial charge in [-0.3, -0.25) is 0 Å². The van der Waals surface area contributed by atoms with E-state index in [0.717, 1.165) is 6.54 Å². The van der Waals surface area contributed by atoms with E-state index in [2.05, 4.69) is 68.6 Å². The molecule has 2 aromatic rings. The Hall–Kier alpha value is -1.64. The molecule has 2 heteroatoms. The highest BCUT2D eigenvalue weighted by molar-refractivity contribution is 5.38. The van der Waals surface area contributed by atoms with Crippen LogP contribution in [0, 0.1) is 19.8 Å². The maximum Gasteiger partial charge on any atom is 0.0579 e. The fourth-order valence-corrected chi connectivity index (χ4v) is 2.59. The first-order valence-corrected chi connectivity index (χ1v) is 7.58. The smallest absolute Gasteiger partial charge is 0.0579 e. The van der Waals surface area contributed by atoms with E-state index in [1.807, 2.05) is 6.07 Å². The summed E-state index contributed by atoms with van der Waals surface area (Å²) in [6.07, 6.45) is 0. The summed E-state index contributed by atoms with van der Waals surface area (Å²) in [5, 5.41) is 12.8. The molecule has 0 aromatic heterocycles. The highest BCUT2D eigenvalue weighted by Crippen LogP contribution is 2.25. The summed E-state index contributed by atoms with van der Waals surface area (Å²) in [6.45, 7) is 7.34. The number of nitrogens with one attached hydrogen (secondary N) is 1. The van der Waals surface area contributed by atoms with Crippen molar-refractivity contribution in [2.45, 2.75) is 26.8 Å². The molecule has 0 aliphatic heterocycles. The van der Waals surface area contributed by atoms with Crippen molar-refractivity contribution in [3.63, 3.8) is 0 Å². The second-order valence-corrected chi connectivity index (χ2v) is 5.90. The van der Waals surface area contributed by atoms with Gasteiger partial charge in [-0.15, -0.1) is 0 Å². The SMILES string of the molecule is Cc1ccc(C(NCC(C)CO)c2ccccc2)c(C)c1. The Morgan fingerprint density at radius 3 is 2.38 bits per heavy atom. The minimum atomic E-state index is 0.167. The van der Waals surface area contributed by atoms with E-state index in [9.17, 15) is 5.11 Å². The third kappa shape index (κ3) is 4.16. The lowest BCUT2D eigenvalue weighted by molar-refractivity contribution is 0.231. The lowest BCUT2D eigenvalue weighted by Gasteiger charge is -2.23. The number of aliphatic hydroxyl groups excluding tert-OH is 1. The van der Waals surface area contributed by atoms with Crippen LogP contribution in [0.25, 0.3) is 0 Å². The Labute approximate surface area is 127 Å². The van der Waals surface area contributed by atoms with Gasteiger partial charge in [0.15, 0.2) is 0 Å². The molecule has 0 spiro atoms. The van der Waals surface area contributed by atoms with Crippen molar-refractivity contribution in [2.24, 2.45) is 5.92 Å². The van der Waals surface area contributed by atoms with Gasteiger partial charge in [-0.25, -0.2) is 0 Å². The van der Waals surface area contributed by atoms with Crippen LogP contribution >= 0.6 is 0 Å². The molecule has 2 unspecified atom stereocenters. The van der Waals surface area contributed by atoms with Gasteiger partial charge in [0, 0.05) is 13.2 Å². The summed E-state index contributed by atoms with van der Waals surface area (Å²) in [6, 6.07) is 17.3. The van der Waals surface area contributed by atoms with Crippen LogP contribution in [0.15, 0.2) is 48.5 Å². The predicted octanol–water partition coefficient (Wildman–Crippen LogP) is 3.61. The average Bonchev–Trinajstić information content (AvgIpc) is 2.50. The van der Waals surface area contributed by atoms with Crippen molar-refractivity contribution in [3.8, 4) is 0 Å². The Morgan fingerprint density at radius 2 is 1.76 bits per heavy atom. The molecule has 2 N–H and O–H groups in total. The van der Waals surface area contributed by atoms with Crippen LogP contribution < -0.4 is 5.32 Å². The zero-order valence-electron chi connectivity index (χ0n) is 13.1. The van der Waals surface area contributed by atoms with E-state index >= 15 is 0 Å². The molecule has 2 rings (SSSR count). The van der Waals surface area contributed by atoms with Crippen LogP contribution in [0.3, 0.4) is 0 Å². The maximum absolute atomic E-state index is 9.24. The monoisotopic (exact) mass is 283 g/mol. The van der Waals surface area contributed by atoms with Gasteiger partial charge in [0.05, 0.1) is 6.04 Å². The van der Waals surface area contributed by atoms with Crippen LogP contribution in [0.4, 0.5) is 0 Å². The van der Waals surface area contributed by atoms with Crippen LogP contribution in [0.5, 0.6) is 0 Å². The van der Waals surface area contributed by atoms with E-state index < -0.39 is 0 Å². The van der Waals surface area contributed by atoms with Crippen molar-refractivity contribution >= 4 is 0 Å². The van der Waals surface area contributed by atoms with Crippen LogP contribution in [0.1, 0.15) is 35.2 Å². The number of rotatable bonds is 6. The van der Waals surface area contributed by atoms with E-state index in [-0.39, 0.29) is 18.6 Å². The standard InChI is InChI=1S/C19H25NO/c1-14-9-10-18(16(3)11-14)19(20-12-15(2)13-21)17-7-5-4-6-8-17/h4-11,15,19-21H,12-13H2,1-3H3. The molecule has 2 aromatic carbocycles. The topological polar surface area (TPSA) is 32.3 Å². The molecule has 0 aliphatic rings. The molecule has 2 atom stereocenters. The molecule has 0 saturated heterocycles. The van der Waals surface area contributed by atoms with Crippen molar-refractivity contribution in [3.05, 3.63) is 70.8 Å². The van der Waals surface area contributed by atoms with Crippen molar-refractivity contribution in [1.82, 2.24) is 5.32 Å². The molecule has 0 fully saturated rings. The van der Waals surface area contributed by atoms with E-state index in [1.54, 1.807) is 0 Å². The third-order valence-corrected chi connectivity index (χ3v) is 3.85. The molecule has 0 radical (unpaired) electrons. The summed E-state index contributed by atoms with van der Waals surface area (Å²) in [7, 11) is 0. The van der Waals surface area contributed by atoms with Crippen LogP contribution in [-0.4, -0.2) is 18.3 Å².